The van der Waals surface area contributed by atoms with Crippen LogP contribution in [0.1, 0.15) is 87.5 Å². The molecule has 33 heavy (non-hydrogen) atoms. The van der Waals surface area contributed by atoms with Crippen molar-refractivity contribution in [2.75, 3.05) is 6.61 Å². The van der Waals surface area contributed by atoms with E-state index in [-0.39, 0.29) is 5.04 Å². The molecule has 0 aliphatic rings. The molecule has 0 saturated heterocycles. The minimum atomic E-state index is -2.43. The molecule has 1 nitrogen and oxygen atoms in total. The highest BCUT2D eigenvalue weighted by Crippen LogP contribution is 2.37. The predicted molar refractivity (Wildman–Crippen MR) is 149 cm³/mol. The molecule has 2 aromatic rings. The maximum atomic E-state index is 7.17. The first kappa shape index (κ1) is 27.9. The van der Waals surface area contributed by atoms with Gasteiger partial charge in [0.15, 0.2) is 0 Å². The SMILES string of the molecule is CCC[C@H](C)C[C@@H](C)C[C@H](C)C[C@@H](C)CO[Si](c1ccccc1)(c1ccccc1)C(C)(C)C. The first-order valence-corrected chi connectivity index (χ1v) is 15.3. The van der Waals surface area contributed by atoms with E-state index in [1.807, 2.05) is 0 Å². The molecule has 0 N–H and O–H groups in total. The van der Waals surface area contributed by atoms with E-state index < -0.39 is 8.32 Å². The van der Waals surface area contributed by atoms with Gasteiger partial charge in [-0.25, -0.2) is 0 Å². The predicted octanol–water partition coefficient (Wildman–Crippen LogP) is 8.08. The number of rotatable bonds is 13. The van der Waals surface area contributed by atoms with Gasteiger partial charge < -0.3 is 4.43 Å². The van der Waals surface area contributed by atoms with Crippen molar-refractivity contribution in [1.29, 1.82) is 0 Å². The Balaban J connectivity index is 2.13. The van der Waals surface area contributed by atoms with E-state index in [4.69, 9.17) is 4.43 Å². The third-order valence-electron chi connectivity index (χ3n) is 7.20. The maximum Gasteiger partial charge on any atom is 0.261 e. The van der Waals surface area contributed by atoms with Crippen LogP contribution in [0.15, 0.2) is 60.7 Å². The average Bonchev–Trinajstić information content (AvgIpc) is 2.74. The Morgan fingerprint density at radius 1 is 0.667 bits per heavy atom. The van der Waals surface area contributed by atoms with Crippen LogP contribution in [0.4, 0.5) is 0 Å². The summed E-state index contributed by atoms with van der Waals surface area (Å²) in [6.45, 7) is 19.9. The monoisotopic (exact) mass is 466 g/mol. The second-order valence-electron chi connectivity index (χ2n) is 11.9. The minimum Gasteiger partial charge on any atom is -0.407 e. The standard InChI is InChI=1S/C31H50OSi/c1-9-16-25(2)21-26(3)22-27(4)23-28(5)24-32-33(31(6,7)8,29-17-12-10-13-18-29)30-19-14-11-15-20-30/h10-15,17-20,25-28H,9,16,21-24H2,1-8H3/t25-,26+,27-,28+/m0/s1. The summed E-state index contributed by atoms with van der Waals surface area (Å²) in [5, 5.41) is 2.80. The number of hydrogen-bond donors (Lipinski definition) is 0. The van der Waals surface area contributed by atoms with Gasteiger partial charge in [0.2, 0.25) is 0 Å². The summed E-state index contributed by atoms with van der Waals surface area (Å²) in [4.78, 5) is 0. The zero-order valence-corrected chi connectivity index (χ0v) is 23.7. The van der Waals surface area contributed by atoms with E-state index in [0.717, 1.165) is 24.4 Å². The van der Waals surface area contributed by atoms with E-state index >= 15 is 0 Å². The van der Waals surface area contributed by atoms with Crippen molar-refractivity contribution >= 4 is 18.7 Å². The minimum absolute atomic E-state index is 0.0466. The largest absolute Gasteiger partial charge is 0.407 e. The normalized spacial score (nSPS) is 16.2. The smallest absolute Gasteiger partial charge is 0.261 e. The van der Waals surface area contributed by atoms with Crippen LogP contribution in [0, 0.1) is 23.7 Å². The summed E-state index contributed by atoms with van der Waals surface area (Å²) in [6, 6.07) is 22.1. The number of benzene rings is 2. The van der Waals surface area contributed by atoms with E-state index in [1.54, 1.807) is 0 Å². The lowest BCUT2D eigenvalue weighted by Gasteiger charge is -2.43. The molecule has 0 saturated carbocycles. The van der Waals surface area contributed by atoms with Crippen molar-refractivity contribution in [3.63, 3.8) is 0 Å². The molecule has 0 radical (unpaired) electrons. The molecule has 2 aromatic carbocycles. The average molecular weight is 467 g/mol. The zero-order chi connectivity index (χ0) is 24.5. The van der Waals surface area contributed by atoms with Crippen LogP contribution in [0.25, 0.3) is 0 Å². The summed E-state index contributed by atoms with van der Waals surface area (Å²) < 4.78 is 7.17. The Bertz CT molecular complexity index is 740. The molecule has 2 heteroatoms. The van der Waals surface area contributed by atoms with Crippen molar-refractivity contribution in [3.8, 4) is 0 Å². The van der Waals surface area contributed by atoms with Crippen molar-refractivity contribution in [3.05, 3.63) is 60.7 Å². The fourth-order valence-corrected chi connectivity index (χ4v) is 10.7. The van der Waals surface area contributed by atoms with Crippen molar-refractivity contribution in [2.24, 2.45) is 23.7 Å². The van der Waals surface area contributed by atoms with E-state index in [2.05, 4.69) is 116 Å². The third-order valence-corrected chi connectivity index (χ3v) is 12.2. The van der Waals surface area contributed by atoms with Crippen LogP contribution in [0.5, 0.6) is 0 Å². The molecule has 0 spiro atoms. The van der Waals surface area contributed by atoms with E-state index in [9.17, 15) is 0 Å². The summed E-state index contributed by atoms with van der Waals surface area (Å²) >= 11 is 0. The first-order valence-electron chi connectivity index (χ1n) is 13.3. The van der Waals surface area contributed by atoms with Crippen LogP contribution < -0.4 is 10.4 Å². The van der Waals surface area contributed by atoms with Crippen molar-refractivity contribution < 1.29 is 4.43 Å². The van der Waals surface area contributed by atoms with Crippen LogP contribution >= 0.6 is 0 Å². The molecule has 2 rings (SSSR count). The third kappa shape index (κ3) is 7.82. The highest BCUT2D eigenvalue weighted by atomic mass is 28.4. The molecule has 184 valence electrons. The Morgan fingerprint density at radius 2 is 1.09 bits per heavy atom. The van der Waals surface area contributed by atoms with Crippen LogP contribution in [0.2, 0.25) is 5.04 Å². The second-order valence-corrected chi connectivity index (χ2v) is 16.2. The molecule has 0 bridgehead atoms. The van der Waals surface area contributed by atoms with Gasteiger partial charge in [0.1, 0.15) is 0 Å². The van der Waals surface area contributed by atoms with Crippen LogP contribution in [0.3, 0.4) is 0 Å². The Kier molecular flexibility index (Phi) is 10.9. The molecule has 0 heterocycles. The fraction of sp³-hybridized carbons (Fsp3) is 0.613. The summed E-state index contributed by atoms with van der Waals surface area (Å²) in [6.07, 6.45) is 6.61. The molecule has 0 aliphatic heterocycles. The quantitative estimate of drug-likeness (QED) is 0.271. The highest BCUT2D eigenvalue weighted by molar-refractivity contribution is 6.99. The molecule has 0 aliphatic carbocycles. The summed E-state index contributed by atoms with van der Waals surface area (Å²) in [5.41, 5.74) is 0. The molecular weight excluding hydrogens is 416 g/mol. The van der Waals surface area contributed by atoms with Crippen LogP contribution in [-0.2, 0) is 4.43 Å². The van der Waals surface area contributed by atoms with Gasteiger partial charge in [0.05, 0.1) is 0 Å². The molecule has 0 unspecified atom stereocenters. The van der Waals surface area contributed by atoms with Gasteiger partial charge >= 0.3 is 0 Å². The van der Waals surface area contributed by atoms with Gasteiger partial charge in [-0.05, 0) is 58.3 Å². The fourth-order valence-electron chi connectivity index (χ4n) is 5.96. The summed E-state index contributed by atoms with van der Waals surface area (Å²) in [7, 11) is -2.43. The lowest BCUT2D eigenvalue weighted by Crippen LogP contribution is -2.66. The van der Waals surface area contributed by atoms with Crippen LogP contribution in [-0.4, -0.2) is 14.9 Å². The van der Waals surface area contributed by atoms with Gasteiger partial charge in [0.25, 0.3) is 8.32 Å². The Labute approximate surface area is 206 Å². The van der Waals surface area contributed by atoms with Crippen molar-refractivity contribution in [2.45, 2.75) is 92.5 Å². The van der Waals surface area contributed by atoms with E-state index in [1.165, 1.54) is 42.5 Å². The van der Waals surface area contributed by atoms with E-state index in [0.29, 0.717) is 5.92 Å². The van der Waals surface area contributed by atoms with Crippen molar-refractivity contribution in [1.82, 2.24) is 0 Å². The lowest BCUT2D eigenvalue weighted by atomic mass is 9.85. The zero-order valence-electron chi connectivity index (χ0n) is 22.7. The lowest BCUT2D eigenvalue weighted by molar-refractivity contribution is 0.212. The number of hydrogen-bond acceptors (Lipinski definition) is 1. The topological polar surface area (TPSA) is 9.23 Å². The van der Waals surface area contributed by atoms with Gasteiger partial charge in [-0.3, -0.25) is 0 Å². The Hall–Kier alpha value is -1.38. The Morgan fingerprint density at radius 3 is 1.52 bits per heavy atom. The second kappa shape index (κ2) is 12.9. The highest BCUT2D eigenvalue weighted by Gasteiger charge is 2.50. The maximum absolute atomic E-state index is 7.17. The molecule has 0 aromatic heterocycles. The molecular formula is C31H50OSi. The molecule has 4 atom stereocenters. The molecule has 0 amide bonds. The summed E-state index contributed by atoms with van der Waals surface area (Å²) in [5.74, 6) is 2.97. The van der Waals surface area contributed by atoms with Gasteiger partial charge in [-0.1, -0.05) is 129 Å². The van der Waals surface area contributed by atoms with Gasteiger partial charge in [-0.15, -0.1) is 0 Å². The first-order chi connectivity index (χ1) is 15.6. The van der Waals surface area contributed by atoms with Gasteiger partial charge in [-0.2, -0.15) is 0 Å². The van der Waals surface area contributed by atoms with Gasteiger partial charge in [0, 0.05) is 6.61 Å². The molecule has 0 fully saturated rings.